The summed E-state index contributed by atoms with van der Waals surface area (Å²) in [6.45, 7) is 6.12. The van der Waals surface area contributed by atoms with Crippen molar-refractivity contribution in [1.29, 1.82) is 0 Å². The molecule has 0 aromatic carbocycles. The summed E-state index contributed by atoms with van der Waals surface area (Å²) in [4.78, 5) is 26.7. The molecule has 2 atom stereocenters. The lowest BCUT2D eigenvalue weighted by Gasteiger charge is -2.39. The molecule has 1 fully saturated rings. The molecule has 1 aliphatic rings. The highest BCUT2D eigenvalue weighted by Gasteiger charge is 2.36. The number of likely N-dealkylation sites (N-methyl/N-ethyl adjacent to an activating group) is 1. The van der Waals surface area contributed by atoms with Gasteiger partial charge in [0.1, 0.15) is 5.60 Å². The molecule has 6 nitrogen and oxygen atoms in total. The van der Waals surface area contributed by atoms with Crippen LogP contribution in [0.2, 0.25) is 0 Å². The highest BCUT2D eigenvalue weighted by molar-refractivity contribution is 5.73. The van der Waals surface area contributed by atoms with E-state index in [-0.39, 0.29) is 12.6 Å². The molecule has 1 aliphatic heterocycles. The number of likely N-dealkylation sites (tertiary alicyclic amines) is 1. The van der Waals surface area contributed by atoms with Crippen LogP contribution in [0.25, 0.3) is 0 Å². The van der Waals surface area contributed by atoms with Crippen LogP contribution in [0.1, 0.15) is 27.2 Å². The van der Waals surface area contributed by atoms with Gasteiger partial charge in [0.05, 0.1) is 5.92 Å². The summed E-state index contributed by atoms with van der Waals surface area (Å²) in [6.07, 6.45) is 0.118. The van der Waals surface area contributed by atoms with Crippen molar-refractivity contribution in [3.05, 3.63) is 0 Å². The molecule has 0 aromatic heterocycles. The molecule has 0 aliphatic carbocycles. The number of amides is 1. The fraction of sp³-hybridized carbons (Fsp3) is 0.846. The molecule has 0 spiro atoms. The van der Waals surface area contributed by atoms with Crippen LogP contribution in [0, 0.1) is 5.92 Å². The summed E-state index contributed by atoms with van der Waals surface area (Å²) in [6, 6.07) is 0.0439. The van der Waals surface area contributed by atoms with Crippen molar-refractivity contribution >= 4 is 12.1 Å². The summed E-state index contributed by atoms with van der Waals surface area (Å²) in [5.41, 5.74) is -0.569. The Kier molecular flexibility index (Phi) is 4.79. The second kappa shape index (κ2) is 5.77. The number of piperidine rings is 1. The molecule has 0 aromatic rings. The molecule has 6 heteroatoms. The molecule has 1 rings (SSSR count). The summed E-state index contributed by atoms with van der Waals surface area (Å²) in [5, 5.41) is 9.17. The van der Waals surface area contributed by atoms with E-state index in [0.717, 1.165) is 0 Å². The number of ether oxygens (including phenoxy) is 1. The molecule has 0 radical (unpaired) electrons. The van der Waals surface area contributed by atoms with Gasteiger partial charge in [0.15, 0.2) is 0 Å². The maximum Gasteiger partial charge on any atom is 0.410 e. The van der Waals surface area contributed by atoms with Crippen molar-refractivity contribution in [1.82, 2.24) is 9.80 Å². The molecule has 19 heavy (non-hydrogen) atoms. The second-order valence-electron chi connectivity index (χ2n) is 6.27. The van der Waals surface area contributed by atoms with Gasteiger partial charge in [0.2, 0.25) is 0 Å². The number of carbonyl (C=O) groups is 2. The van der Waals surface area contributed by atoms with Crippen molar-refractivity contribution in [2.24, 2.45) is 5.92 Å². The van der Waals surface area contributed by atoms with Crippen LogP contribution in [0.3, 0.4) is 0 Å². The van der Waals surface area contributed by atoms with Crippen LogP contribution in [0.15, 0.2) is 0 Å². The van der Waals surface area contributed by atoms with E-state index in [1.54, 1.807) is 20.8 Å². The van der Waals surface area contributed by atoms with Crippen LogP contribution in [0.5, 0.6) is 0 Å². The number of carboxylic acid groups (broad SMARTS) is 1. The fourth-order valence-corrected chi connectivity index (χ4v) is 2.10. The maximum absolute atomic E-state index is 12.0. The lowest BCUT2D eigenvalue weighted by atomic mass is 9.94. The van der Waals surface area contributed by atoms with E-state index < -0.39 is 23.6 Å². The van der Waals surface area contributed by atoms with E-state index in [4.69, 9.17) is 4.74 Å². The summed E-state index contributed by atoms with van der Waals surface area (Å²) < 4.78 is 5.31. The lowest BCUT2D eigenvalue weighted by molar-refractivity contribution is -0.144. The number of hydrogen-bond acceptors (Lipinski definition) is 4. The fourth-order valence-electron chi connectivity index (χ4n) is 2.10. The van der Waals surface area contributed by atoms with Crippen LogP contribution < -0.4 is 0 Å². The minimum absolute atomic E-state index is 0.0439. The van der Waals surface area contributed by atoms with Crippen LogP contribution in [0.4, 0.5) is 4.79 Å². The van der Waals surface area contributed by atoms with Crippen molar-refractivity contribution in [2.45, 2.75) is 38.8 Å². The second-order valence-corrected chi connectivity index (χ2v) is 6.27. The van der Waals surface area contributed by atoms with E-state index in [0.29, 0.717) is 13.0 Å². The molecule has 1 heterocycles. The number of rotatable bonds is 2. The largest absolute Gasteiger partial charge is 0.481 e. The number of carbonyl (C=O) groups excluding carboxylic acids is 1. The van der Waals surface area contributed by atoms with Crippen LogP contribution in [-0.2, 0) is 9.53 Å². The average molecular weight is 272 g/mol. The molecule has 0 unspecified atom stereocenters. The number of carboxylic acids is 1. The number of hydrogen-bond donors (Lipinski definition) is 1. The first kappa shape index (κ1) is 15.8. The van der Waals surface area contributed by atoms with Gasteiger partial charge in [-0.05, 0) is 41.3 Å². The molecule has 1 amide bonds. The van der Waals surface area contributed by atoms with E-state index in [9.17, 15) is 14.7 Å². The van der Waals surface area contributed by atoms with Gasteiger partial charge in [0, 0.05) is 19.1 Å². The Morgan fingerprint density at radius 2 is 1.84 bits per heavy atom. The van der Waals surface area contributed by atoms with Gasteiger partial charge in [-0.25, -0.2) is 4.79 Å². The molecule has 1 saturated heterocycles. The third kappa shape index (κ3) is 4.70. The molecular formula is C13H24N2O4. The Bertz CT molecular complexity index is 349. The zero-order valence-corrected chi connectivity index (χ0v) is 12.3. The van der Waals surface area contributed by atoms with Gasteiger partial charge >= 0.3 is 12.1 Å². The zero-order chi connectivity index (χ0) is 14.8. The van der Waals surface area contributed by atoms with Crippen molar-refractivity contribution in [3.8, 4) is 0 Å². The van der Waals surface area contributed by atoms with Crippen molar-refractivity contribution < 1.29 is 19.4 Å². The topological polar surface area (TPSA) is 70.1 Å². The van der Waals surface area contributed by atoms with Crippen molar-refractivity contribution in [3.63, 3.8) is 0 Å². The van der Waals surface area contributed by atoms with Gasteiger partial charge in [-0.15, -0.1) is 0 Å². The summed E-state index contributed by atoms with van der Waals surface area (Å²) >= 11 is 0. The van der Waals surface area contributed by atoms with Gasteiger partial charge in [-0.2, -0.15) is 0 Å². The standard InChI is InChI=1S/C13H24N2O4/c1-13(2,3)19-12(18)15-7-9(11(16)17)6-10(8-15)14(4)5/h9-10H,6-8H2,1-5H3,(H,16,17)/t9-,10+/m1/s1. The summed E-state index contributed by atoms with van der Waals surface area (Å²) in [7, 11) is 3.78. The Balaban J connectivity index is 2.76. The molecule has 110 valence electrons. The number of aliphatic carboxylic acids is 1. The van der Waals surface area contributed by atoms with Gasteiger partial charge < -0.3 is 19.6 Å². The molecule has 0 bridgehead atoms. The Hall–Kier alpha value is -1.30. The first-order valence-electron chi connectivity index (χ1n) is 6.47. The Morgan fingerprint density at radius 3 is 2.26 bits per heavy atom. The van der Waals surface area contributed by atoms with Crippen LogP contribution >= 0.6 is 0 Å². The minimum atomic E-state index is -0.861. The van der Waals surface area contributed by atoms with E-state index in [1.165, 1.54) is 4.90 Å². The van der Waals surface area contributed by atoms with E-state index in [1.807, 2.05) is 19.0 Å². The van der Waals surface area contributed by atoms with E-state index >= 15 is 0 Å². The monoisotopic (exact) mass is 272 g/mol. The molecule has 1 N–H and O–H groups in total. The van der Waals surface area contributed by atoms with Crippen LogP contribution in [-0.4, -0.2) is 65.8 Å². The zero-order valence-electron chi connectivity index (χ0n) is 12.3. The Labute approximate surface area is 114 Å². The lowest BCUT2D eigenvalue weighted by Crippen LogP contribution is -2.53. The van der Waals surface area contributed by atoms with E-state index in [2.05, 4.69) is 0 Å². The van der Waals surface area contributed by atoms with Gasteiger partial charge in [0.25, 0.3) is 0 Å². The highest BCUT2D eigenvalue weighted by Crippen LogP contribution is 2.22. The molecular weight excluding hydrogens is 248 g/mol. The average Bonchev–Trinajstić information content (AvgIpc) is 2.25. The normalized spacial score (nSPS) is 24.4. The third-order valence-corrected chi connectivity index (χ3v) is 3.16. The molecule has 0 saturated carbocycles. The smallest absolute Gasteiger partial charge is 0.410 e. The third-order valence-electron chi connectivity index (χ3n) is 3.16. The quantitative estimate of drug-likeness (QED) is 0.819. The van der Waals surface area contributed by atoms with Gasteiger partial charge in [-0.1, -0.05) is 0 Å². The highest BCUT2D eigenvalue weighted by atomic mass is 16.6. The Morgan fingerprint density at radius 1 is 1.26 bits per heavy atom. The predicted molar refractivity (Wildman–Crippen MR) is 71.0 cm³/mol. The van der Waals surface area contributed by atoms with Gasteiger partial charge in [-0.3, -0.25) is 4.79 Å². The SMILES string of the molecule is CN(C)[C@H]1C[C@@H](C(=O)O)CN(C(=O)OC(C)(C)C)C1. The first-order chi connectivity index (χ1) is 8.60. The number of nitrogens with zero attached hydrogens (tertiary/aromatic N) is 2. The minimum Gasteiger partial charge on any atom is -0.481 e. The first-order valence-corrected chi connectivity index (χ1v) is 6.47. The van der Waals surface area contributed by atoms with Crippen molar-refractivity contribution in [2.75, 3.05) is 27.2 Å². The summed E-state index contributed by atoms with van der Waals surface area (Å²) in [5.74, 6) is -1.39. The predicted octanol–water partition coefficient (Wildman–Crippen LogP) is 1.26. The maximum atomic E-state index is 12.0.